The minimum atomic E-state index is -0.686. The van der Waals surface area contributed by atoms with Gasteiger partial charge in [0, 0.05) is 16.3 Å². The lowest BCUT2D eigenvalue weighted by Crippen LogP contribution is -2.41. The van der Waals surface area contributed by atoms with Gasteiger partial charge in [0.15, 0.2) is 0 Å². The summed E-state index contributed by atoms with van der Waals surface area (Å²) in [4.78, 5) is 16.5. The average Bonchev–Trinajstić information content (AvgIpc) is 3.11. The second-order valence-electron chi connectivity index (χ2n) is 6.51. The van der Waals surface area contributed by atoms with E-state index in [0.717, 1.165) is 37.1 Å². The molecule has 0 saturated carbocycles. The first-order chi connectivity index (χ1) is 12.1. The summed E-state index contributed by atoms with van der Waals surface area (Å²) in [6, 6.07) is 12.6. The summed E-state index contributed by atoms with van der Waals surface area (Å²) in [5.74, 6) is -0.136. The predicted octanol–water partition coefficient (Wildman–Crippen LogP) is 4.21. The molecule has 25 heavy (non-hydrogen) atoms. The van der Waals surface area contributed by atoms with Gasteiger partial charge in [-0.2, -0.15) is 0 Å². The van der Waals surface area contributed by atoms with Crippen molar-refractivity contribution in [1.29, 1.82) is 0 Å². The van der Waals surface area contributed by atoms with E-state index in [9.17, 15) is 9.90 Å². The van der Waals surface area contributed by atoms with E-state index in [1.54, 1.807) is 7.11 Å². The number of thiophene rings is 1. The quantitative estimate of drug-likeness (QED) is 0.839. The Balaban J connectivity index is 1.97. The van der Waals surface area contributed by atoms with E-state index in [1.807, 2.05) is 23.5 Å². The lowest BCUT2D eigenvalue weighted by Gasteiger charge is -2.37. The molecule has 1 saturated heterocycles. The lowest BCUT2D eigenvalue weighted by atomic mass is 9.94. The summed E-state index contributed by atoms with van der Waals surface area (Å²) < 4.78 is 5.40. The third-order valence-corrected chi connectivity index (χ3v) is 6.16. The number of hydrogen-bond acceptors (Lipinski definition) is 4. The molecule has 0 amide bonds. The number of carboxylic acids is 1. The van der Waals surface area contributed by atoms with Crippen molar-refractivity contribution in [3.8, 4) is 5.75 Å². The molecule has 0 radical (unpaired) electrons. The molecule has 1 fully saturated rings. The number of methoxy groups -OCH3 is 1. The van der Waals surface area contributed by atoms with Gasteiger partial charge in [0.2, 0.25) is 0 Å². The van der Waals surface area contributed by atoms with Gasteiger partial charge >= 0.3 is 5.97 Å². The number of nitrogens with zero attached hydrogens (tertiary/aromatic N) is 1. The molecule has 4 nitrogen and oxygen atoms in total. The topological polar surface area (TPSA) is 49.8 Å². The van der Waals surface area contributed by atoms with Crippen LogP contribution < -0.4 is 4.74 Å². The standard InChI is InChI=1S/C20H25NO3S/c1-3-17-9-10-18(25-17)19(14-6-4-8-16(12-14)24-2)21-11-5-7-15(13-21)20(22)23/h4,6,8-10,12,15,19H,3,5,7,11,13H2,1-2H3,(H,22,23). The summed E-state index contributed by atoms with van der Waals surface area (Å²) in [5, 5.41) is 9.46. The SMILES string of the molecule is CCc1ccc(C(c2cccc(OC)c2)N2CCCC(C(=O)O)C2)s1. The van der Waals surface area contributed by atoms with Crippen molar-refractivity contribution in [2.75, 3.05) is 20.2 Å². The van der Waals surface area contributed by atoms with Crippen molar-refractivity contribution in [2.45, 2.75) is 32.2 Å². The van der Waals surface area contributed by atoms with Gasteiger partial charge in [0.05, 0.1) is 19.1 Å². The van der Waals surface area contributed by atoms with Crippen LogP contribution in [0.25, 0.3) is 0 Å². The molecule has 0 aliphatic carbocycles. The highest BCUT2D eigenvalue weighted by molar-refractivity contribution is 7.12. The molecule has 0 spiro atoms. The maximum Gasteiger partial charge on any atom is 0.307 e. The molecule has 5 heteroatoms. The van der Waals surface area contributed by atoms with Gasteiger partial charge in [-0.3, -0.25) is 9.69 Å². The highest BCUT2D eigenvalue weighted by Gasteiger charge is 2.32. The largest absolute Gasteiger partial charge is 0.497 e. The zero-order valence-corrected chi connectivity index (χ0v) is 15.6. The van der Waals surface area contributed by atoms with Gasteiger partial charge in [-0.05, 0) is 55.6 Å². The van der Waals surface area contributed by atoms with Gasteiger partial charge in [-0.15, -0.1) is 11.3 Å². The number of likely N-dealkylation sites (tertiary alicyclic amines) is 1. The van der Waals surface area contributed by atoms with E-state index in [4.69, 9.17) is 4.74 Å². The number of carboxylic acid groups (broad SMARTS) is 1. The second-order valence-corrected chi connectivity index (χ2v) is 7.71. The van der Waals surface area contributed by atoms with Gasteiger partial charge in [0.1, 0.15) is 5.75 Å². The van der Waals surface area contributed by atoms with Crippen molar-refractivity contribution >= 4 is 17.3 Å². The van der Waals surface area contributed by atoms with E-state index < -0.39 is 5.97 Å². The molecule has 1 aromatic carbocycles. The molecule has 0 bridgehead atoms. The number of ether oxygens (including phenoxy) is 1. The van der Waals surface area contributed by atoms with Gasteiger partial charge < -0.3 is 9.84 Å². The normalized spacial score (nSPS) is 19.5. The van der Waals surface area contributed by atoms with Crippen LogP contribution in [0, 0.1) is 5.92 Å². The van der Waals surface area contributed by atoms with E-state index in [2.05, 4.69) is 36.1 Å². The van der Waals surface area contributed by atoms with Crippen LogP contribution in [0.2, 0.25) is 0 Å². The number of rotatable bonds is 6. The number of piperidine rings is 1. The Kier molecular flexibility index (Phi) is 5.76. The third kappa shape index (κ3) is 4.05. The van der Waals surface area contributed by atoms with E-state index >= 15 is 0 Å². The van der Waals surface area contributed by atoms with Crippen molar-refractivity contribution in [2.24, 2.45) is 5.92 Å². The Morgan fingerprint density at radius 2 is 2.24 bits per heavy atom. The first-order valence-corrected chi connectivity index (χ1v) is 9.63. The lowest BCUT2D eigenvalue weighted by molar-refractivity contribution is -0.143. The molecule has 1 aliphatic heterocycles. The van der Waals surface area contributed by atoms with Crippen molar-refractivity contribution in [3.63, 3.8) is 0 Å². The maximum atomic E-state index is 11.5. The van der Waals surface area contributed by atoms with E-state index in [0.29, 0.717) is 6.54 Å². The zero-order chi connectivity index (χ0) is 17.8. The fourth-order valence-electron chi connectivity index (χ4n) is 3.54. The average molecular weight is 359 g/mol. The number of benzene rings is 1. The molecular weight excluding hydrogens is 334 g/mol. The zero-order valence-electron chi connectivity index (χ0n) is 14.8. The predicted molar refractivity (Wildman–Crippen MR) is 100 cm³/mol. The molecule has 2 atom stereocenters. The third-order valence-electron chi connectivity index (χ3n) is 4.88. The highest BCUT2D eigenvalue weighted by Crippen LogP contribution is 2.37. The van der Waals surface area contributed by atoms with Crippen molar-refractivity contribution < 1.29 is 14.6 Å². The summed E-state index contributed by atoms with van der Waals surface area (Å²) in [6.07, 6.45) is 2.71. The van der Waals surface area contributed by atoms with Crippen LogP contribution in [-0.4, -0.2) is 36.2 Å². The summed E-state index contributed by atoms with van der Waals surface area (Å²) in [5.41, 5.74) is 1.16. The van der Waals surface area contributed by atoms with E-state index in [-0.39, 0.29) is 12.0 Å². The van der Waals surface area contributed by atoms with Crippen LogP contribution in [-0.2, 0) is 11.2 Å². The molecular formula is C20H25NO3S. The minimum Gasteiger partial charge on any atom is -0.497 e. The summed E-state index contributed by atoms with van der Waals surface area (Å²) in [7, 11) is 1.68. The Morgan fingerprint density at radius 3 is 2.92 bits per heavy atom. The smallest absolute Gasteiger partial charge is 0.307 e. The van der Waals surface area contributed by atoms with Crippen LogP contribution in [0.15, 0.2) is 36.4 Å². The molecule has 2 unspecified atom stereocenters. The maximum absolute atomic E-state index is 11.5. The molecule has 2 heterocycles. The fraction of sp³-hybridized carbons (Fsp3) is 0.450. The van der Waals surface area contributed by atoms with Crippen LogP contribution in [0.4, 0.5) is 0 Å². The number of aliphatic carboxylic acids is 1. The Bertz CT molecular complexity index is 727. The van der Waals surface area contributed by atoms with Crippen molar-refractivity contribution in [1.82, 2.24) is 4.90 Å². The first kappa shape index (κ1) is 18.0. The second kappa shape index (κ2) is 8.02. The van der Waals surface area contributed by atoms with Crippen LogP contribution in [0.3, 0.4) is 0 Å². The van der Waals surface area contributed by atoms with Crippen LogP contribution >= 0.6 is 11.3 Å². The molecule has 1 aromatic heterocycles. The Labute approximate surface area is 153 Å². The fourth-order valence-corrected chi connectivity index (χ4v) is 4.66. The highest BCUT2D eigenvalue weighted by atomic mass is 32.1. The first-order valence-electron chi connectivity index (χ1n) is 8.81. The van der Waals surface area contributed by atoms with Crippen LogP contribution in [0.5, 0.6) is 5.75 Å². The molecule has 1 N–H and O–H groups in total. The van der Waals surface area contributed by atoms with Crippen molar-refractivity contribution in [3.05, 3.63) is 51.7 Å². The number of aryl methyl sites for hydroxylation is 1. The van der Waals surface area contributed by atoms with E-state index in [1.165, 1.54) is 9.75 Å². The van der Waals surface area contributed by atoms with Gasteiger partial charge in [-0.1, -0.05) is 19.1 Å². The Hall–Kier alpha value is -1.85. The molecule has 134 valence electrons. The molecule has 1 aliphatic rings. The molecule has 3 rings (SSSR count). The van der Waals surface area contributed by atoms with Crippen LogP contribution in [0.1, 0.15) is 41.1 Å². The van der Waals surface area contributed by atoms with Gasteiger partial charge in [0.25, 0.3) is 0 Å². The summed E-state index contributed by atoms with van der Waals surface area (Å²) in [6.45, 7) is 3.68. The molecule has 2 aromatic rings. The monoisotopic (exact) mass is 359 g/mol. The minimum absolute atomic E-state index is 0.0857. The summed E-state index contributed by atoms with van der Waals surface area (Å²) >= 11 is 1.82. The van der Waals surface area contributed by atoms with Gasteiger partial charge in [-0.25, -0.2) is 0 Å². The Morgan fingerprint density at radius 1 is 1.40 bits per heavy atom. The number of carbonyl (C=O) groups is 1. The number of hydrogen-bond donors (Lipinski definition) is 1.